The quantitative estimate of drug-likeness (QED) is 0.246. The van der Waals surface area contributed by atoms with Gasteiger partial charge in [-0.15, -0.1) is 0 Å². The maximum absolute atomic E-state index is 13.0. The molecule has 0 saturated carbocycles. The lowest BCUT2D eigenvalue weighted by molar-refractivity contribution is -0.130. The zero-order valence-electron chi connectivity index (χ0n) is 21.8. The largest absolute Gasteiger partial charge is 0.507 e. The van der Waals surface area contributed by atoms with Gasteiger partial charge in [0.15, 0.2) is 5.78 Å². The van der Waals surface area contributed by atoms with Crippen LogP contribution in [0.5, 0.6) is 11.5 Å². The minimum absolute atomic E-state index is 0.371. The first-order valence-electron chi connectivity index (χ1n) is 12.1. The number of ether oxygens (including phenoxy) is 2. The second kappa shape index (κ2) is 12.0. The lowest BCUT2D eigenvalue weighted by Gasteiger charge is -2.26. The van der Waals surface area contributed by atoms with Crippen LogP contribution in [0.1, 0.15) is 19.4 Å². The number of phenols is 2. The third-order valence-electron chi connectivity index (χ3n) is 6.41. The molecule has 2 aliphatic carbocycles. The number of benzene rings is 1. The highest BCUT2D eigenvalue weighted by atomic mass is 16.5. The number of hydrogen-bond acceptors (Lipinski definition) is 11. The molecule has 0 fully saturated rings. The Bertz CT molecular complexity index is 1250. The number of carbonyl (C=O) groups is 3. The van der Waals surface area contributed by atoms with Crippen molar-refractivity contribution >= 4 is 28.6 Å². The zero-order chi connectivity index (χ0) is 28.1. The molecule has 0 spiro atoms. The number of carbonyl (C=O) groups excluding carboxylic acids is 3. The predicted molar refractivity (Wildman–Crippen MR) is 139 cm³/mol. The number of hydrogen-bond donors (Lipinski definition) is 4. The van der Waals surface area contributed by atoms with Crippen molar-refractivity contribution in [3.05, 3.63) is 58.2 Å². The van der Waals surface area contributed by atoms with Crippen molar-refractivity contribution in [1.29, 1.82) is 0 Å². The normalized spacial score (nSPS) is 17.7. The topological polar surface area (TPSA) is 157 Å². The molecule has 11 heteroatoms. The number of methoxy groups -OCH3 is 2. The summed E-state index contributed by atoms with van der Waals surface area (Å²) < 4.78 is 10.1. The van der Waals surface area contributed by atoms with E-state index in [-0.39, 0.29) is 0 Å². The molecule has 0 aliphatic heterocycles. The van der Waals surface area contributed by atoms with E-state index in [0.717, 1.165) is 0 Å². The van der Waals surface area contributed by atoms with Crippen molar-refractivity contribution in [2.24, 2.45) is 0 Å². The van der Waals surface area contributed by atoms with Crippen LogP contribution in [-0.2, 0) is 23.9 Å². The number of aliphatic hydroxyl groups excluding tert-OH is 2. The molecule has 0 heterocycles. The van der Waals surface area contributed by atoms with Gasteiger partial charge in [0.2, 0.25) is 11.6 Å². The van der Waals surface area contributed by atoms with E-state index in [1.54, 1.807) is 9.80 Å². The molecule has 1 aromatic rings. The first-order chi connectivity index (χ1) is 18.1. The number of anilines is 1. The van der Waals surface area contributed by atoms with Gasteiger partial charge in [0.1, 0.15) is 23.0 Å². The van der Waals surface area contributed by atoms with E-state index in [1.807, 2.05) is 13.8 Å². The van der Waals surface area contributed by atoms with Crippen molar-refractivity contribution in [3.63, 3.8) is 0 Å². The number of nitrogens with zero attached hydrogens (tertiary/aromatic N) is 2. The monoisotopic (exact) mass is 528 g/mol. The Morgan fingerprint density at radius 1 is 0.737 bits per heavy atom. The number of likely N-dealkylation sites (N-methyl/N-ethyl adjacent to an activating group) is 2. The van der Waals surface area contributed by atoms with Gasteiger partial charge in [-0.2, -0.15) is 0 Å². The molecule has 38 heavy (non-hydrogen) atoms. The fourth-order valence-electron chi connectivity index (χ4n) is 4.43. The Kier molecular flexibility index (Phi) is 8.97. The van der Waals surface area contributed by atoms with E-state index in [2.05, 4.69) is 0 Å². The second-order valence-corrected chi connectivity index (χ2v) is 8.60. The summed E-state index contributed by atoms with van der Waals surface area (Å²) in [5, 5.41) is 43.1. The van der Waals surface area contributed by atoms with Crippen molar-refractivity contribution in [3.8, 4) is 11.5 Å². The Morgan fingerprint density at radius 3 is 1.76 bits per heavy atom. The second-order valence-electron chi connectivity index (χ2n) is 8.60. The van der Waals surface area contributed by atoms with Gasteiger partial charge in [0.25, 0.3) is 0 Å². The van der Waals surface area contributed by atoms with E-state index in [0.29, 0.717) is 50.8 Å². The number of ketones is 3. The Hall–Kier alpha value is -4.09. The number of aromatic hydroxyl groups is 2. The molecule has 2 aliphatic rings. The maximum Gasteiger partial charge on any atom is 0.238 e. The number of allylic oxidation sites excluding steroid dienone is 5. The van der Waals surface area contributed by atoms with Crippen LogP contribution >= 0.6 is 0 Å². The molecule has 11 nitrogen and oxygen atoms in total. The van der Waals surface area contributed by atoms with Gasteiger partial charge >= 0.3 is 0 Å². The van der Waals surface area contributed by atoms with Crippen molar-refractivity contribution in [2.75, 3.05) is 58.5 Å². The molecule has 4 N–H and O–H groups in total. The molecule has 3 rings (SSSR count). The highest BCUT2D eigenvalue weighted by Gasteiger charge is 2.43. The predicted octanol–water partition coefficient (Wildman–Crippen LogP) is 2.16. The fourth-order valence-corrected chi connectivity index (χ4v) is 4.43. The standard InChI is InChI=1S/C27H32N2O9/c1-5-28(7-9-37-3)15-11-17(30)21(18(31)12-15)23-25(34)24(27(36)26(23)35)22-19(32)13-16(14-20(22)33)29(6-2)8-10-38-4/h11-14,30-32,34H,5-10H2,1-4H3/b24-22+. The van der Waals surface area contributed by atoms with Crippen molar-refractivity contribution < 1.29 is 44.3 Å². The minimum atomic E-state index is -1.25. The van der Waals surface area contributed by atoms with Crippen LogP contribution in [0.3, 0.4) is 0 Å². The first kappa shape index (κ1) is 28.5. The summed E-state index contributed by atoms with van der Waals surface area (Å²) in [4.78, 5) is 42.4. The number of Topliss-reactive ketones (excluding diaryl/α,β-unsaturated/α-hetero) is 2. The van der Waals surface area contributed by atoms with Crippen LogP contribution in [-0.4, -0.2) is 96.3 Å². The number of rotatable bonds is 11. The Morgan fingerprint density at radius 2 is 1.26 bits per heavy atom. The average Bonchev–Trinajstić information content (AvgIpc) is 3.08. The molecular weight excluding hydrogens is 496 g/mol. The fraction of sp³-hybridized carbons (Fsp3) is 0.370. The van der Waals surface area contributed by atoms with Gasteiger partial charge in [0, 0.05) is 76.1 Å². The van der Waals surface area contributed by atoms with Crippen LogP contribution in [0.25, 0.3) is 5.57 Å². The molecular formula is C27H32N2O9. The van der Waals surface area contributed by atoms with Crippen LogP contribution in [0, 0.1) is 0 Å². The van der Waals surface area contributed by atoms with Crippen LogP contribution in [0.4, 0.5) is 5.69 Å². The maximum atomic E-state index is 13.0. The Labute approximate surface area is 220 Å². The summed E-state index contributed by atoms with van der Waals surface area (Å²) in [7, 11) is 3.07. The zero-order valence-corrected chi connectivity index (χ0v) is 21.8. The molecule has 0 amide bonds. The SMILES string of the molecule is CCN(CCOC)C1=CC(=O)/C(=C2/C(=O)C(=O)C(c3c(O)cc(N(CC)CCOC)cc3O)=C2O)C(O)=C1. The Balaban J connectivity index is 2.09. The third-order valence-corrected chi connectivity index (χ3v) is 6.41. The highest BCUT2D eigenvalue weighted by Crippen LogP contribution is 2.44. The molecule has 0 bridgehead atoms. The summed E-state index contributed by atoms with van der Waals surface area (Å²) in [6, 6.07) is 2.57. The van der Waals surface area contributed by atoms with Gasteiger partial charge < -0.3 is 39.7 Å². The summed E-state index contributed by atoms with van der Waals surface area (Å²) in [5.74, 6) is -5.91. The number of aliphatic hydroxyl groups is 2. The van der Waals surface area contributed by atoms with E-state index < -0.39 is 62.6 Å². The smallest absolute Gasteiger partial charge is 0.238 e. The van der Waals surface area contributed by atoms with Crippen LogP contribution < -0.4 is 4.90 Å². The van der Waals surface area contributed by atoms with Crippen LogP contribution in [0.2, 0.25) is 0 Å². The summed E-state index contributed by atoms with van der Waals surface area (Å²) in [5.41, 5.74) is -1.57. The minimum Gasteiger partial charge on any atom is -0.507 e. The molecule has 0 aromatic heterocycles. The first-order valence-corrected chi connectivity index (χ1v) is 12.1. The van der Waals surface area contributed by atoms with Gasteiger partial charge in [0.05, 0.1) is 35.5 Å². The van der Waals surface area contributed by atoms with Gasteiger partial charge in [-0.05, 0) is 13.8 Å². The van der Waals surface area contributed by atoms with E-state index in [1.165, 1.54) is 38.5 Å². The highest BCUT2D eigenvalue weighted by molar-refractivity contribution is 6.63. The summed E-state index contributed by atoms with van der Waals surface area (Å²) >= 11 is 0. The van der Waals surface area contributed by atoms with Crippen molar-refractivity contribution in [2.45, 2.75) is 13.8 Å². The van der Waals surface area contributed by atoms with E-state index in [9.17, 15) is 34.8 Å². The van der Waals surface area contributed by atoms with E-state index >= 15 is 0 Å². The van der Waals surface area contributed by atoms with Crippen molar-refractivity contribution in [1.82, 2.24) is 4.90 Å². The molecule has 204 valence electrons. The van der Waals surface area contributed by atoms with Crippen LogP contribution in [0.15, 0.2) is 52.6 Å². The van der Waals surface area contributed by atoms with E-state index in [4.69, 9.17) is 9.47 Å². The molecule has 0 atom stereocenters. The van der Waals surface area contributed by atoms with Gasteiger partial charge in [-0.25, -0.2) is 0 Å². The molecule has 1 aromatic carbocycles. The van der Waals surface area contributed by atoms with Gasteiger partial charge in [-0.3, -0.25) is 14.4 Å². The lowest BCUT2D eigenvalue weighted by Crippen LogP contribution is -2.29. The van der Waals surface area contributed by atoms with Gasteiger partial charge in [-0.1, -0.05) is 0 Å². The number of phenolic OH excluding ortho intramolecular Hbond substituents is 2. The molecule has 0 saturated heterocycles. The summed E-state index contributed by atoms with van der Waals surface area (Å²) in [6.45, 7) is 6.38. The summed E-state index contributed by atoms with van der Waals surface area (Å²) in [6.07, 6.45) is 2.45. The molecule has 0 radical (unpaired) electrons. The average molecular weight is 529 g/mol. The molecule has 0 unspecified atom stereocenters. The lowest BCUT2D eigenvalue weighted by atomic mass is 9.94. The third kappa shape index (κ3) is 5.29.